The van der Waals surface area contributed by atoms with Crippen molar-refractivity contribution in [2.24, 2.45) is 5.84 Å². The number of rotatable bonds is 6. The van der Waals surface area contributed by atoms with E-state index in [-0.39, 0.29) is 0 Å². The Morgan fingerprint density at radius 3 is 2.52 bits per heavy atom. The first-order valence-corrected chi connectivity index (χ1v) is 9.80. The maximum atomic E-state index is 5.57. The number of anilines is 3. The maximum absolute atomic E-state index is 5.57. The SMILES string of the molecule is NNc1nc(NC2CCCN(Cc3ccccc3)C2)nc(N2CCCC2)n1. The van der Waals surface area contributed by atoms with Gasteiger partial charge in [-0.1, -0.05) is 30.3 Å². The standard InChI is InChI=1S/C19H28N8/c20-25-18-22-17(23-19(24-18)27-11-4-5-12-27)21-16-9-6-10-26(14-16)13-15-7-2-1-3-8-15/h1-3,7-8,16H,4-6,9-14,20H2,(H2,21,22,23,24,25). The zero-order valence-electron chi connectivity index (χ0n) is 15.6. The number of benzene rings is 1. The molecule has 0 spiro atoms. The number of aromatic nitrogens is 3. The van der Waals surface area contributed by atoms with Gasteiger partial charge in [0.2, 0.25) is 17.8 Å². The molecule has 2 aliphatic heterocycles. The summed E-state index contributed by atoms with van der Waals surface area (Å²) < 4.78 is 0. The lowest BCUT2D eigenvalue weighted by Crippen LogP contribution is -2.42. The van der Waals surface area contributed by atoms with Gasteiger partial charge in [-0.3, -0.25) is 10.3 Å². The molecule has 0 radical (unpaired) electrons. The van der Waals surface area contributed by atoms with Crippen molar-refractivity contribution in [2.45, 2.75) is 38.3 Å². The Morgan fingerprint density at radius 1 is 0.963 bits per heavy atom. The van der Waals surface area contributed by atoms with Crippen LogP contribution in [0.4, 0.5) is 17.8 Å². The molecule has 1 aromatic carbocycles. The van der Waals surface area contributed by atoms with Gasteiger partial charge in [0.15, 0.2) is 0 Å². The van der Waals surface area contributed by atoms with E-state index in [0.29, 0.717) is 23.9 Å². The molecule has 4 N–H and O–H groups in total. The Hall–Kier alpha value is -2.45. The molecule has 3 heterocycles. The van der Waals surface area contributed by atoms with Crippen LogP contribution in [0.2, 0.25) is 0 Å². The second kappa shape index (κ2) is 8.49. The van der Waals surface area contributed by atoms with Crippen LogP contribution in [0.15, 0.2) is 30.3 Å². The molecule has 2 aromatic rings. The summed E-state index contributed by atoms with van der Waals surface area (Å²) in [5, 5.41) is 3.51. The van der Waals surface area contributed by atoms with Crippen LogP contribution in [0.25, 0.3) is 0 Å². The quantitative estimate of drug-likeness (QED) is 0.525. The lowest BCUT2D eigenvalue weighted by atomic mass is 10.0. The lowest BCUT2D eigenvalue weighted by molar-refractivity contribution is 0.208. The first-order chi connectivity index (χ1) is 13.3. The maximum Gasteiger partial charge on any atom is 0.243 e. The van der Waals surface area contributed by atoms with Crippen molar-refractivity contribution in [3.8, 4) is 0 Å². The van der Waals surface area contributed by atoms with Crippen LogP contribution in [-0.2, 0) is 6.54 Å². The van der Waals surface area contributed by atoms with Crippen LogP contribution in [-0.4, -0.2) is 52.1 Å². The van der Waals surface area contributed by atoms with Gasteiger partial charge in [-0.2, -0.15) is 15.0 Å². The van der Waals surface area contributed by atoms with E-state index in [1.54, 1.807) is 0 Å². The Labute approximate surface area is 160 Å². The molecule has 4 rings (SSSR count). The van der Waals surface area contributed by atoms with Crippen LogP contribution in [0, 0.1) is 0 Å². The van der Waals surface area contributed by atoms with E-state index >= 15 is 0 Å². The van der Waals surface area contributed by atoms with Gasteiger partial charge in [-0.25, -0.2) is 5.84 Å². The van der Waals surface area contributed by atoms with Crippen molar-refractivity contribution in [3.63, 3.8) is 0 Å². The number of hydrazine groups is 1. The van der Waals surface area contributed by atoms with E-state index in [9.17, 15) is 0 Å². The fourth-order valence-electron chi connectivity index (χ4n) is 3.89. The van der Waals surface area contributed by atoms with Gasteiger partial charge >= 0.3 is 0 Å². The molecule has 1 atom stereocenters. The molecule has 0 aliphatic carbocycles. The lowest BCUT2D eigenvalue weighted by Gasteiger charge is -2.33. The van der Waals surface area contributed by atoms with Crippen molar-refractivity contribution in [3.05, 3.63) is 35.9 Å². The van der Waals surface area contributed by atoms with Gasteiger partial charge in [0, 0.05) is 32.2 Å². The van der Waals surface area contributed by atoms with Crippen molar-refractivity contribution >= 4 is 17.8 Å². The highest BCUT2D eigenvalue weighted by Crippen LogP contribution is 2.21. The second-order valence-electron chi connectivity index (χ2n) is 7.33. The molecule has 144 valence electrons. The zero-order valence-corrected chi connectivity index (χ0v) is 15.6. The van der Waals surface area contributed by atoms with E-state index in [0.717, 1.165) is 45.6 Å². The first kappa shape index (κ1) is 17.9. The summed E-state index contributed by atoms with van der Waals surface area (Å²) >= 11 is 0. The van der Waals surface area contributed by atoms with Gasteiger partial charge in [-0.15, -0.1) is 0 Å². The van der Waals surface area contributed by atoms with E-state index in [4.69, 9.17) is 5.84 Å². The molecule has 8 nitrogen and oxygen atoms in total. The van der Waals surface area contributed by atoms with Gasteiger partial charge in [0.05, 0.1) is 0 Å². The number of piperidine rings is 1. The summed E-state index contributed by atoms with van der Waals surface area (Å²) in [6.45, 7) is 5.05. The molecule has 2 aliphatic rings. The first-order valence-electron chi connectivity index (χ1n) is 9.80. The zero-order chi connectivity index (χ0) is 18.5. The summed E-state index contributed by atoms with van der Waals surface area (Å²) in [6, 6.07) is 10.9. The molecular formula is C19H28N8. The van der Waals surface area contributed by atoms with Crippen molar-refractivity contribution < 1.29 is 0 Å². The van der Waals surface area contributed by atoms with Crippen LogP contribution < -0.4 is 21.5 Å². The summed E-state index contributed by atoms with van der Waals surface area (Å²) in [5.41, 5.74) is 3.92. The van der Waals surface area contributed by atoms with Crippen molar-refractivity contribution in [1.29, 1.82) is 0 Å². The molecule has 2 fully saturated rings. The van der Waals surface area contributed by atoms with E-state index in [2.05, 4.69) is 65.8 Å². The third kappa shape index (κ3) is 4.64. The smallest absolute Gasteiger partial charge is 0.243 e. The minimum atomic E-state index is 0.321. The fourth-order valence-corrected chi connectivity index (χ4v) is 3.89. The van der Waals surface area contributed by atoms with Gasteiger partial charge in [-0.05, 0) is 37.8 Å². The molecule has 1 unspecified atom stereocenters. The molecule has 1 aromatic heterocycles. The molecule has 0 saturated carbocycles. The number of nitrogens with two attached hydrogens (primary N) is 1. The Morgan fingerprint density at radius 2 is 1.74 bits per heavy atom. The third-order valence-electron chi connectivity index (χ3n) is 5.23. The van der Waals surface area contributed by atoms with Gasteiger partial charge in [0.1, 0.15) is 0 Å². The average molecular weight is 368 g/mol. The van der Waals surface area contributed by atoms with Crippen molar-refractivity contribution in [1.82, 2.24) is 19.9 Å². The van der Waals surface area contributed by atoms with Crippen LogP contribution in [0.3, 0.4) is 0 Å². The van der Waals surface area contributed by atoms with Crippen LogP contribution >= 0.6 is 0 Å². The molecular weight excluding hydrogens is 340 g/mol. The number of nitrogens with zero attached hydrogens (tertiary/aromatic N) is 5. The Balaban J connectivity index is 1.42. The van der Waals surface area contributed by atoms with Gasteiger partial charge in [0.25, 0.3) is 0 Å². The Bertz CT molecular complexity index is 732. The van der Waals surface area contributed by atoms with E-state index in [1.807, 2.05) is 0 Å². The molecule has 0 bridgehead atoms. The highest BCUT2D eigenvalue weighted by Gasteiger charge is 2.22. The highest BCUT2D eigenvalue weighted by molar-refractivity contribution is 5.44. The number of hydrogen-bond acceptors (Lipinski definition) is 8. The molecule has 8 heteroatoms. The topological polar surface area (TPSA) is 95.2 Å². The predicted molar refractivity (Wildman–Crippen MR) is 107 cm³/mol. The minimum Gasteiger partial charge on any atom is -0.350 e. The number of nitrogen functional groups attached to an aromatic ring is 1. The molecule has 27 heavy (non-hydrogen) atoms. The van der Waals surface area contributed by atoms with Crippen LogP contribution in [0.1, 0.15) is 31.2 Å². The van der Waals surface area contributed by atoms with E-state index in [1.165, 1.54) is 18.4 Å². The monoisotopic (exact) mass is 368 g/mol. The fraction of sp³-hybridized carbons (Fsp3) is 0.526. The number of likely N-dealkylation sites (tertiary alicyclic amines) is 1. The molecule has 2 saturated heterocycles. The summed E-state index contributed by atoms with van der Waals surface area (Å²) in [5.74, 6) is 7.29. The van der Waals surface area contributed by atoms with Crippen LogP contribution in [0.5, 0.6) is 0 Å². The largest absolute Gasteiger partial charge is 0.350 e. The number of nitrogens with one attached hydrogen (secondary N) is 2. The average Bonchev–Trinajstić information content (AvgIpc) is 3.24. The normalized spacial score (nSPS) is 20.6. The minimum absolute atomic E-state index is 0.321. The number of hydrogen-bond donors (Lipinski definition) is 3. The summed E-state index contributed by atoms with van der Waals surface area (Å²) in [6.07, 6.45) is 4.63. The summed E-state index contributed by atoms with van der Waals surface area (Å²) in [4.78, 5) is 18.1. The second-order valence-corrected chi connectivity index (χ2v) is 7.33. The third-order valence-corrected chi connectivity index (χ3v) is 5.23. The predicted octanol–water partition coefficient (Wildman–Crippen LogP) is 1.83. The van der Waals surface area contributed by atoms with E-state index < -0.39 is 0 Å². The molecule has 0 amide bonds. The Kier molecular flexibility index (Phi) is 5.64. The highest BCUT2D eigenvalue weighted by atomic mass is 15.4. The van der Waals surface area contributed by atoms with Crippen molar-refractivity contribution in [2.75, 3.05) is 41.8 Å². The summed E-state index contributed by atoms with van der Waals surface area (Å²) in [7, 11) is 0. The van der Waals surface area contributed by atoms with Gasteiger partial charge < -0.3 is 10.2 Å².